The van der Waals surface area contributed by atoms with E-state index >= 15 is 0 Å². The van der Waals surface area contributed by atoms with Gasteiger partial charge >= 0.3 is 6.01 Å². The predicted molar refractivity (Wildman–Crippen MR) is 132 cm³/mol. The van der Waals surface area contributed by atoms with Crippen molar-refractivity contribution in [3.05, 3.63) is 71.3 Å². The lowest BCUT2D eigenvalue weighted by Gasteiger charge is -2.21. The number of ether oxygens (including phenoxy) is 2. The molecule has 1 amide bonds. The van der Waals surface area contributed by atoms with Crippen LogP contribution >= 0.6 is 0 Å². The van der Waals surface area contributed by atoms with Crippen molar-refractivity contribution in [3.8, 4) is 46.1 Å². The van der Waals surface area contributed by atoms with Crippen LogP contribution in [0.3, 0.4) is 0 Å². The Labute approximate surface area is 207 Å². The maximum absolute atomic E-state index is 13.4. The summed E-state index contributed by atoms with van der Waals surface area (Å²) < 4.78 is 12.1. The molecule has 0 unspecified atom stereocenters. The molecule has 4 aromatic rings. The topological polar surface area (TPSA) is 130 Å². The van der Waals surface area contributed by atoms with Crippen LogP contribution in [0, 0.1) is 6.92 Å². The van der Waals surface area contributed by atoms with Crippen molar-refractivity contribution in [3.63, 3.8) is 0 Å². The van der Waals surface area contributed by atoms with Gasteiger partial charge in [-0.05, 0) is 30.7 Å². The van der Waals surface area contributed by atoms with Crippen LogP contribution in [-0.2, 0) is 6.54 Å². The minimum Gasteiger partial charge on any atom is -0.507 e. The highest BCUT2D eigenvalue weighted by Crippen LogP contribution is 2.38. The summed E-state index contributed by atoms with van der Waals surface area (Å²) in [5, 5.41) is 39.3. The van der Waals surface area contributed by atoms with Crippen LogP contribution in [0.1, 0.15) is 21.5 Å². The number of aromatic hydroxyl groups is 3. The molecule has 0 aliphatic rings. The van der Waals surface area contributed by atoms with Crippen molar-refractivity contribution >= 4 is 5.91 Å². The number of rotatable bonds is 7. The van der Waals surface area contributed by atoms with E-state index < -0.39 is 11.7 Å². The number of phenols is 2. The largest absolute Gasteiger partial charge is 0.507 e. The fourth-order valence-electron chi connectivity index (χ4n) is 4.03. The Balaban J connectivity index is 1.74. The van der Waals surface area contributed by atoms with Gasteiger partial charge < -0.3 is 29.7 Å². The number of aromatic nitrogens is 3. The number of hydrogen-bond acceptors (Lipinski definition) is 8. The lowest BCUT2D eigenvalue weighted by atomic mass is 10.1. The quantitative estimate of drug-likeness (QED) is 0.358. The van der Waals surface area contributed by atoms with E-state index in [-0.39, 0.29) is 35.3 Å². The lowest BCUT2D eigenvalue weighted by molar-refractivity contribution is 0.0781. The normalized spacial score (nSPS) is 10.8. The number of para-hydroxylation sites is 2. The summed E-state index contributed by atoms with van der Waals surface area (Å²) in [6.07, 6.45) is 0. The second-order valence-electron chi connectivity index (χ2n) is 8.15. The van der Waals surface area contributed by atoms with Crippen LogP contribution in [0.5, 0.6) is 29.0 Å². The average Bonchev–Trinajstić information content (AvgIpc) is 3.24. The molecule has 10 heteroatoms. The highest BCUT2D eigenvalue weighted by atomic mass is 16.5. The van der Waals surface area contributed by atoms with Gasteiger partial charge in [0.1, 0.15) is 11.5 Å². The van der Waals surface area contributed by atoms with E-state index in [1.165, 1.54) is 29.8 Å². The Morgan fingerprint density at radius 3 is 2.42 bits per heavy atom. The van der Waals surface area contributed by atoms with E-state index in [0.29, 0.717) is 22.7 Å². The first-order chi connectivity index (χ1) is 17.3. The van der Waals surface area contributed by atoms with Gasteiger partial charge in [-0.2, -0.15) is 0 Å². The Bertz CT molecular complexity index is 1430. The zero-order valence-corrected chi connectivity index (χ0v) is 20.3. The number of carbonyl (C=O) groups is 1. The van der Waals surface area contributed by atoms with Crippen LogP contribution in [0.4, 0.5) is 0 Å². The summed E-state index contributed by atoms with van der Waals surface area (Å²) in [5.74, 6) is -0.117. The first-order valence-electron chi connectivity index (χ1n) is 11.0. The molecule has 1 heterocycles. The van der Waals surface area contributed by atoms with Crippen molar-refractivity contribution in [2.24, 2.45) is 0 Å². The van der Waals surface area contributed by atoms with E-state index in [1.54, 1.807) is 37.4 Å². The smallest absolute Gasteiger partial charge is 0.319 e. The fourth-order valence-corrected chi connectivity index (χ4v) is 4.03. The number of amides is 1. The standard InChI is InChI=1S/C26H26N4O6/c1-15-8-5-6-10-19(15)30-24(27-28-26(30)34)17-12-18(21(32)13-20(17)31)25(33)29(2)14-16-9-7-11-22(35-3)23(16)36-4/h5-13,31-32H,14H2,1-4H3,(H,28,34). The summed E-state index contributed by atoms with van der Waals surface area (Å²) in [5.41, 5.74) is 2.17. The lowest BCUT2D eigenvalue weighted by Crippen LogP contribution is -2.26. The molecule has 0 bridgehead atoms. The zero-order valence-electron chi connectivity index (χ0n) is 20.3. The summed E-state index contributed by atoms with van der Waals surface area (Å²) in [7, 11) is 4.62. The summed E-state index contributed by atoms with van der Waals surface area (Å²) in [6.45, 7) is 2.01. The fraction of sp³-hybridized carbons (Fsp3) is 0.192. The molecule has 0 radical (unpaired) electrons. The molecular formula is C26H26N4O6. The van der Waals surface area contributed by atoms with Gasteiger partial charge in [0.2, 0.25) is 0 Å². The number of methoxy groups -OCH3 is 2. The Hall–Kier alpha value is -4.73. The first kappa shape index (κ1) is 24.4. The van der Waals surface area contributed by atoms with Gasteiger partial charge in [0, 0.05) is 25.2 Å². The average molecular weight is 491 g/mol. The predicted octanol–water partition coefficient (Wildman–Crippen LogP) is 3.65. The molecule has 0 saturated carbocycles. The molecule has 0 aliphatic heterocycles. The number of hydrogen-bond donors (Lipinski definition) is 3. The van der Waals surface area contributed by atoms with Crippen molar-refractivity contribution in [2.75, 3.05) is 21.3 Å². The Kier molecular flexibility index (Phi) is 6.69. The molecule has 10 nitrogen and oxygen atoms in total. The van der Waals surface area contributed by atoms with Gasteiger partial charge in [-0.1, -0.05) is 35.4 Å². The van der Waals surface area contributed by atoms with E-state index in [1.807, 2.05) is 19.1 Å². The molecule has 3 aromatic carbocycles. The van der Waals surface area contributed by atoms with Crippen LogP contribution in [-0.4, -0.2) is 62.2 Å². The highest BCUT2D eigenvalue weighted by molar-refractivity contribution is 5.98. The van der Waals surface area contributed by atoms with Crippen LogP contribution < -0.4 is 9.47 Å². The molecule has 0 spiro atoms. The van der Waals surface area contributed by atoms with Gasteiger partial charge in [-0.15, -0.1) is 5.10 Å². The minimum atomic E-state index is -0.509. The SMILES string of the molecule is COc1cccc(CN(C)C(=O)c2cc(-c3nnc(O)n3-c3ccccc3C)c(O)cc2O)c1OC. The number of benzene rings is 3. The molecule has 3 N–H and O–H groups in total. The van der Waals surface area contributed by atoms with E-state index in [0.717, 1.165) is 11.6 Å². The number of phenolic OH excluding ortho intramolecular Hbond substituents is 2. The van der Waals surface area contributed by atoms with Crippen molar-refractivity contribution in [2.45, 2.75) is 13.5 Å². The Morgan fingerprint density at radius 1 is 0.972 bits per heavy atom. The minimum absolute atomic E-state index is 0.0639. The third-order valence-electron chi connectivity index (χ3n) is 5.83. The second kappa shape index (κ2) is 9.87. The van der Waals surface area contributed by atoms with Crippen molar-refractivity contribution < 1.29 is 29.6 Å². The van der Waals surface area contributed by atoms with E-state index in [2.05, 4.69) is 10.2 Å². The first-order valence-corrected chi connectivity index (χ1v) is 11.0. The Morgan fingerprint density at radius 2 is 1.72 bits per heavy atom. The molecule has 0 aliphatic carbocycles. The molecule has 0 atom stereocenters. The molecule has 0 fully saturated rings. The van der Waals surface area contributed by atoms with Crippen LogP contribution in [0.15, 0.2) is 54.6 Å². The maximum Gasteiger partial charge on any atom is 0.319 e. The van der Waals surface area contributed by atoms with E-state index in [9.17, 15) is 20.1 Å². The second-order valence-corrected chi connectivity index (χ2v) is 8.15. The van der Waals surface area contributed by atoms with Crippen LogP contribution in [0.2, 0.25) is 0 Å². The third kappa shape index (κ3) is 4.36. The van der Waals surface area contributed by atoms with Gasteiger partial charge in [0.15, 0.2) is 17.3 Å². The van der Waals surface area contributed by atoms with Gasteiger partial charge in [0.25, 0.3) is 5.91 Å². The molecule has 0 saturated heterocycles. The van der Waals surface area contributed by atoms with Gasteiger partial charge in [0.05, 0.1) is 31.0 Å². The monoisotopic (exact) mass is 490 g/mol. The highest BCUT2D eigenvalue weighted by Gasteiger charge is 2.25. The molecule has 36 heavy (non-hydrogen) atoms. The summed E-state index contributed by atoms with van der Waals surface area (Å²) >= 11 is 0. The molecule has 186 valence electrons. The maximum atomic E-state index is 13.4. The number of carbonyl (C=O) groups excluding carboxylic acids is 1. The van der Waals surface area contributed by atoms with Gasteiger partial charge in [-0.3, -0.25) is 4.79 Å². The summed E-state index contributed by atoms with van der Waals surface area (Å²) in [6, 6.07) is 14.6. The van der Waals surface area contributed by atoms with Crippen LogP contribution in [0.25, 0.3) is 17.1 Å². The summed E-state index contributed by atoms with van der Waals surface area (Å²) in [4.78, 5) is 14.8. The van der Waals surface area contributed by atoms with Crippen molar-refractivity contribution in [1.82, 2.24) is 19.7 Å². The number of aryl methyl sites for hydroxylation is 1. The molecule has 1 aromatic heterocycles. The zero-order chi connectivity index (χ0) is 26.0. The van der Waals surface area contributed by atoms with E-state index in [4.69, 9.17) is 9.47 Å². The molecule has 4 rings (SSSR count). The van der Waals surface area contributed by atoms with Gasteiger partial charge in [-0.25, -0.2) is 4.57 Å². The third-order valence-corrected chi connectivity index (χ3v) is 5.83. The van der Waals surface area contributed by atoms with Crippen molar-refractivity contribution in [1.29, 1.82) is 0 Å². The number of nitrogens with zero attached hydrogens (tertiary/aromatic N) is 4. The molecular weight excluding hydrogens is 464 g/mol.